The van der Waals surface area contributed by atoms with Crippen molar-refractivity contribution < 1.29 is 14.6 Å². The van der Waals surface area contributed by atoms with E-state index in [-0.39, 0.29) is 5.75 Å². The Kier molecular flexibility index (Phi) is 6.62. The van der Waals surface area contributed by atoms with Crippen LogP contribution in [0.1, 0.15) is 48.6 Å². The van der Waals surface area contributed by atoms with Crippen molar-refractivity contribution in [2.24, 2.45) is 0 Å². The Morgan fingerprint density at radius 1 is 1.27 bits per heavy atom. The molecule has 0 bridgehead atoms. The van der Waals surface area contributed by atoms with Crippen LogP contribution in [-0.4, -0.2) is 18.2 Å². The summed E-state index contributed by atoms with van der Waals surface area (Å²) in [5, 5.41) is 22.8. The number of rotatable bonds is 7. The van der Waals surface area contributed by atoms with Gasteiger partial charge in [0.1, 0.15) is 5.75 Å². The molecule has 0 aliphatic carbocycles. The zero-order valence-electron chi connectivity index (χ0n) is 15.4. The number of aromatic hydroxyl groups is 1. The zero-order valence-corrected chi connectivity index (χ0v) is 15.4. The van der Waals surface area contributed by atoms with Gasteiger partial charge in [0.25, 0.3) is 0 Å². The summed E-state index contributed by atoms with van der Waals surface area (Å²) in [5.41, 5.74) is 3.59. The molecule has 2 aromatic rings. The smallest absolute Gasteiger partial charge is 0.333 e. The van der Waals surface area contributed by atoms with Gasteiger partial charge in [0.2, 0.25) is 0 Å². The average Bonchev–Trinajstić information content (AvgIpc) is 2.68. The summed E-state index contributed by atoms with van der Waals surface area (Å²) in [6, 6.07) is 11.8. The topological polar surface area (TPSA) is 82.4 Å². The van der Waals surface area contributed by atoms with E-state index in [1.54, 1.807) is 24.3 Å². The van der Waals surface area contributed by atoms with Crippen molar-refractivity contribution in [3.63, 3.8) is 0 Å². The van der Waals surface area contributed by atoms with E-state index in [4.69, 9.17) is 10.00 Å². The summed E-state index contributed by atoms with van der Waals surface area (Å²) >= 11 is 0. The first kappa shape index (κ1) is 19.3. The van der Waals surface area contributed by atoms with Crippen molar-refractivity contribution >= 4 is 11.7 Å². The molecule has 0 saturated heterocycles. The van der Waals surface area contributed by atoms with Crippen molar-refractivity contribution in [3.05, 3.63) is 58.7 Å². The van der Waals surface area contributed by atoms with Gasteiger partial charge >= 0.3 is 5.97 Å². The van der Waals surface area contributed by atoms with Gasteiger partial charge in [0.05, 0.1) is 18.7 Å². The number of esters is 1. The number of nitrogens with zero attached hydrogens (tertiary/aromatic N) is 1. The molecule has 0 radical (unpaired) electrons. The number of phenols is 1. The predicted molar refractivity (Wildman–Crippen MR) is 101 cm³/mol. The number of carbonyl (C=O) groups excluding carboxylic acids is 1. The lowest BCUT2D eigenvalue weighted by Gasteiger charge is -2.21. The standard InChI is InChI=1S/C21H24N2O3/c1-4-6-16-11-14(5-2)12-18(20(16)24)19(21(25)26-3)23-17-9-7-15(13-22)8-10-17/h7-12,19,23-24H,4-6H2,1-3H3. The molecule has 136 valence electrons. The Morgan fingerprint density at radius 2 is 1.96 bits per heavy atom. The molecule has 0 saturated carbocycles. The highest BCUT2D eigenvalue weighted by atomic mass is 16.5. The number of nitrogens with one attached hydrogen (secondary N) is 1. The lowest BCUT2D eigenvalue weighted by molar-refractivity contribution is -0.141. The highest BCUT2D eigenvalue weighted by Crippen LogP contribution is 2.33. The molecule has 26 heavy (non-hydrogen) atoms. The second kappa shape index (κ2) is 8.91. The highest BCUT2D eigenvalue weighted by molar-refractivity contribution is 5.82. The van der Waals surface area contributed by atoms with Crippen LogP contribution in [0.4, 0.5) is 5.69 Å². The van der Waals surface area contributed by atoms with Gasteiger partial charge in [-0.15, -0.1) is 0 Å². The molecule has 1 unspecified atom stereocenters. The normalized spacial score (nSPS) is 11.5. The molecule has 0 aliphatic heterocycles. The first-order valence-corrected chi connectivity index (χ1v) is 8.73. The van der Waals surface area contributed by atoms with Crippen molar-refractivity contribution in [1.29, 1.82) is 5.26 Å². The van der Waals surface area contributed by atoms with Gasteiger partial charge in [-0.3, -0.25) is 0 Å². The van der Waals surface area contributed by atoms with E-state index in [1.165, 1.54) is 7.11 Å². The molecular formula is C21H24N2O3. The van der Waals surface area contributed by atoms with Crippen LogP contribution in [0.25, 0.3) is 0 Å². The molecule has 0 aromatic heterocycles. The van der Waals surface area contributed by atoms with E-state index in [0.717, 1.165) is 30.4 Å². The lowest BCUT2D eigenvalue weighted by Crippen LogP contribution is -2.23. The Labute approximate surface area is 154 Å². The van der Waals surface area contributed by atoms with E-state index >= 15 is 0 Å². The van der Waals surface area contributed by atoms with Crippen LogP contribution in [-0.2, 0) is 22.4 Å². The van der Waals surface area contributed by atoms with Crippen molar-refractivity contribution in [3.8, 4) is 11.8 Å². The van der Waals surface area contributed by atoms with E-state index in [0.29, 0.717) is 16.8 Å². The molecule has 2 rings (SSSR count). The fourth-order valence-electron chi connectivity index (χ4n) is 2.86. The summed E-state index contributed by atoms with van der Waals surface area (Å²) in [7, 11) is 1.32. The molecule has 0 amide bonds. The molecular weight excluding hydrogens is 328 g/mol. The minimum Gasteiger partial charge on any atom is -0.507 e. The van der Waals surface area contributed by atoms with E-state index < -0.39 is 12.0 Å². The Hall–Kier alpha value is -3.00. The first-order valence-electron chi connectivity index (χ1n) is 8.73. The maximum atomic E-state index is 12.4. The van der Waals surface area contributed by atoms with Crippen LogP contribution < -0.4 is 5.32 Å². The number of carbonyl (C=O) groups is 1. The number of methoxy groups -OCH3 is 1. The number of hydrogen-bond acceptors (Lipinski definition) is 5. The highest BCUT2D eigenvalue weighted by Gasteiger charge is 2.26. The fourth-order valence-corrected chi connectivity index (χ4v) is 2.86. The van der Waals surface area contributed by atoms with E-state index in [9.17, 15) is 9.90 Å². The Bertz CT molecular complexity index is 807. The Morgan fingerprint density at radius 3 is 2.50 bits per heavy atom. The van der Waals surface area contributed by atoms with Crippen molar-refractivity contribution in [1.82, 2.24) is 0 Å². The zero-order chi connectivity index (χ0) is 19.1. The molecule has 0 heterocycles. The van der Waals surface area contributed by atoms with Gasteiger partial charge in [-0.1, -0.05) is 26.3 Å². The SMILES string of the molecule is CCCc1cc(CC)cc(C(Nc2ccc(C#N)cc2)C(=O)OC)c1O. The maximum absolute atomic E-state index is 12.4. The van der Waals surface area contributed by atoms with Crippen LogP contribution >= 0.6 is 0 Å². The predicted octanol–water partition coefficient (Wildman–Crippen LogP) is 4.10. The number of nitriles is 1. The third-order valence-electron chi connectivity index (χ3n) is 4.28. The number of ether oxygens (including phenoxy) is 1. The molecule has 0 fully saturated rings. The molecule has 0 spiro atoms. The molecule has 5 nitrogen and oxygen atoms in total. The maximum Gasteiger partial charge on any atom is 0.333 e. The van der Waals surface area contributed by atoms with E-state index in [1.807, 2.05) is 26.0 Å². The third kappa shape index (κ3) is 4.34. The quantitative estimate of drug-likeness (QED) is 0.733. The van der Waals surface area contributed by atoms with Gasteiger partial charge in [0, 0.05) is 11.3 Å². The Balaban J connectivity index is 2.47. The van der Waals surface area contributed by atoms with E-state index in [2.05, 4.69) is 11.4 Å². The second-order valence-corrected chi connectivity index (χ2v) is 6.09. The van der Waals surface area contributed by atoms with Gasteiger partial charge in [-0.2, -0.15) is 5.26 Å². The summed E-state index contributed by atoms with van der Waals surface area (Å²) < 4.78 is 4.95. The number of benzene rings is 2. The molecule has 1 atom stereocenters. The second-order valence-electron chi connectivity index (χ2n) is 6.09. The number of anilines is 1. The molecule has 0 aliphatic rings. The van der Waals surface area contributed by atoms with Crippen LogP contribution in [0.3, 0.4) is 0 Å². The monoisotopic (exact) mass is 352 g/mol. The van der Waals surface area contributed by atoms with Gasteiger partial charge in [-0.25, -0.2) is 4.79 Å². The minimum atomic E-state index is -0.838. The van der Waals surface area contributed by atoms with Crippen LogP contribution in [0.15, 0.2) is 36.4 Å². The van der Waals surface area contributed by atoms with Gasteiger partial charge in [0.15, 0.2) is 6.04 Å². The molecule has 5 heteroatoms. The van der Waals surface area contributed by atoms with Crippen LogP contribution in [0.2, 0.25) is 0 Å². The average molecular weight is 352 g/mol. The lowest BCUT2D eigenvalue weighted by atomic mass is 9.95. The fraction of sp³-hybridized carbons (Fsp3) is 0.333. The van der Waals surface area contributed by atoms with Crippen molar-refractivity contribution in [2.75, 3.05) is 12.4 Å². The summed E-state index contributed by atoms with van der Waals surface area (Å²) in [6.45, 7) is 4.08. The third-order valence-corrected chi connectivity index (χ3v) is 4.28. The minimum absolute atomic E-state index is 0.126. The van der Waals surface area contributed by atoms with Gasteiger partial charge < -0.3 is 15.2 Å². The van der Waals surface area contributed by atoms with Crippen LogP contribution in [0.5, 0.6) is 5.75 Å². The number of aryl methyl sites for hydroxylation is 2. The first-order chi connectivity index (χ1) is 12.5. The van der Waals surface area contributed by atoms with Crippen LogP contribution in [0, 0.1) is 11.3 Å². The summed E-state index contributed by atoms with van der Waals surface area (Å²) in [4.78, 5) is 12.4. The molecule has 2 N–H and O–H groups in total. The van der Waals surface area contributed by atoms with Crippen molar-refractivity contribution in [2.45, 2.75) is 39.2 Å². The molecule has 2 aromatic carbocycles. The summed E-state index contributed by atoms with van der Waals surface area (Å²) in [5.74, 6) is -0.360. The number of phenolic OH excluding ortho intramolecular Hbond substituents is 1. The van der Waals surface area contributed by atoms with Gasteiger partial charge in [-0.05, 0) is 54.3 Å². The number of hydrogen-bond donors (Lipinski definition) is 2. The summed E-state index contributed by atoms with van der Waals surface area (Å²) in [6.07, 6.45) is 2.43. The largest absolute Gasteiger partial charge is 0.507 e.